The predicted octanol–water partition coefficient (Wildman–Crippen LogP) is 3.45. The number of aliphatic imine (C=N–C) groups is 1. The van der Waals surface area contributed by atoms with Crippen LogP contribution in [0.5, 0.6) is 0 Å². The van der Waals surface area contributed by atoms with Gasteiger partial charge in [-0.25, -0.2) is 0 Å². The Morgan fingerprint density at radius 1 is 1.45 bits per heavy atom. The quantitative estimate of drug-likeness (QED) is 0.269. The summed E-state index contributed by atoms with van der Waals surface area (Å²) in [6.07, 6.45) is 3.74. The number of guanidine groups is 1. The van der Waals surface area contributed by atoms with E-state index in [0.29, 0.717) is 5.92 Å². The summed E-state index contributed by atoms with van der Waals surface area (Å²) in [7, 11) is 1.81. The third-order valence-corrected chi connectivity index (χ3v) is 4.42. The van der Waals surface area contributed by atoms with Gasteiger partial charge in [0.2, 0.25) is 0 Å². The minimum absolute atomic E-state index is 0. The Hall–Kier alpha value is -0.340. The van der Waals surface area contributed by atoms with Crippen molar-refractivity contribution in [3.8, 4) is 0 Å². The van der Waals surface area contributed by atoms with Gasteiger partial charge in [-0.05, 0) is 53.5 Å². The number of thiophene rings is 1. The normalized spacial score (nSPS) is 16.0. The van der Waals surface area contributed by atoms with Gasteiger partial charge in [0.05, 0.1) is 0 Å². The van der Waals surface area contributed by atoms with E-state index in [1.54, 1.807) is 11.3 Å². The molecule has 0 radical (unpaired) electrons. The van der Waals surface area contributed by atoms with Gasteiger partial charge in [-0.15, -0.1) is 24.0 Å². The fourth-order valence-corrected chi connectivity index (χ4v) is 2.84. The van der Waals surface area contributed by atoms with Crippen molar-refractivity contribution in [2.45, 2.75) is 32.1 Å². The summed E-state index contributed by atoms with van der Waals surface area (Å²) in [6, 6.07) is 2.18. The molecular weight excluding hydrogens is 409 g/mol. The molecule has 22 heavy (non-hydrogen) atoms. The second-order valence-corrected chi connectivity index (χ2v) is 6.49. The summed E-state index contributed by atoms with van der Waals surface area (Å²) >= 11 is 1.75. The molecule has 0 saturated heterocycles. The van der Waals surface area contributed by atoms with Gasteiger partial charge in [-0.1, -0.05) is 6.92 Å². The molecule has 4 nitrogen and oxygen atoms in total. The Balaban J connectivity index is 0.00000242. The zero-order valence-corrected chi connectivity index (χ0v) is 16.7. The third kappa shape index (κ3) is 7.78. The maximum absolute atomic E-state index is 5.62. The Morgan fingerprint density at radius 3 is 2.91 bits per heavy atom. The molecule has 1 saturated carbocycles. The van der Waals surface area contributed by atoms with Crippen LogP contribution in [0.1, 0.15) is 37.7 Å². The molecule has 2 N–H and O–H groups in total. The van der Waals surface area contributed by atoms with Crippen molar-refractivity contribution >= 4 is 41.3 Å². The molecule has 1 atom stereocenters. The van der Waals surface area contributed by atoms with E-state index in [9.17, 15) is 0 Å². The Labute approximate surface area is 155 Å². The molecular formula is C16H28IN3OS. The van der Waals surface area contributed by atoms with Crippen molar-refractivity contribution < 1.29 is 4.74 Å². The molecule has 0 bridgehead atoms. The molecule has 6 heteroatoms. The first kappa shape index (κ1) is 19.7. The standard InChI is InChI=1S/C16H27N3OS.HI/c1-13(15-6-9-21-12-15)10-19-16(17-2)18-7-3-8-20-11-14-4-5-14;/h6,9,12-14H,3-5,7-8,10-11H2,1-2H3,(H2,17,18,19);1H. The van der Waals surface area contributed by atoms with Gasteiger partial charge in [-0.3, -0.25) is 4.99 Å². The molecule has 0 aliphatic heterocycles. The van der Waals surface area contributed by atoms with E-state index in [-0.39, 0.29) is 24.0 Å². The first-order chi connectivity index (χ1) is 10.3. The number of nitrogens with zero attached hydrogens (tertiary/aromatic N) is 1. The molecule has 0 amide bonds. The molecule has 0 spiro atoms. The second kappa shape index (κ2) is 11.2. The summed E-state index contributed by atoms with van der Waals surface area (Å²) < 4.78 is 5.62. The van der Waals surface area contributed by atoms with Crippen molar-refractivity contribution in [1.82, 2.24) is 10.6 Å². The number of hydrogen-bond donors (Lipinski definition) is 2. The highest BCUT2D eigenvalue weighted by Gasteiger charge is 2.20. The first-order valence-corrected chi connectivity index (χ1v) is 8.78. The van der Waals surface area contributed by atoms with Gasteiger partial charge in [0, 0.05) is 33.4 Å². The number of hydrogen-bond acceptors (Lipinski definition) is 3. The number of halogens is 1. The maximum Gasteiger partial charge on any atom is 0.190 e. The van der Waals surface area contributed by atoms with E-state index in [1.165, 1.54) is 18.4 Å². The van der Waals surface area contributed by atoms with Crippen LogP contribution < -0.4 is 10.6 Å². The van der Waals surface area contributed by atoms with Crippen LogP contribution >= 0.6 is 35.3 Å². The van der Waals surface area contributed by atoms with Gasteiger partial charge in [0.1, 0.15) is 0 Å². The summed E-state index contributed by atoms with van der Waals surface area (Å²) in [4.78, 5) is 4.25. The van der Waals surface area contributed by atoms with Crippen molar-refractivity contribution in [3.63, 3.8) is 0 Å². The third-order valence-electron chi connectivity index (χ3n) is 3.72. The summed E-state index contributed by atoms with van der Waals surface area (Å²) in [5.74, 6) is 2.22. The van der Waals surface area contributed by atoms with E-state index in [2.05, 4.69) is 39.4 Å². The monoisotopic (exact) mass is 437 g/mol. The van der Waals surface area contributed by atoms with Crippen LogP contribution in [0.3, 0.4) is 0 Å². The Bertz CT molecular complexity index is 421. The molecule has 1 aliphatic carbocycles. The van der Waals surface area contributed by atoms with Crippen LogP contribution in [0.2, 0.25) is 0 Å². The molecule has 2 rings (SSSR count). The van der Waals surface area contributed by atoms with Crippen molar-refractivity contribution in [1.29, 1.82) is 0 Å². The lowest BCUT2D eigenvalue weighted by atomic mass is 10.1. The van der Waals surface area contributed by atoms with Gasteiger partial charge < -0.3 is 15.4 Å². The number of ether oxygens (including phenoxy) is 1. The summed E-state index contributed by atoms with van der Waals surface area (Å²) in [5, 5.41) is 11.0. The van der Waals surface area contributed by atoms with Crippen LogP contribution in [-0.4, -0.2) is 39.3 Å². The molecule has 1 aliphatic rings. The van der Waals surface area contributed by atoms with Crippen molar-refractivity contribution in [2.24, 2.45) is 10.9 Å². The largest absolute Gasteiger partial charge is 0.381 e. The molecule has 0 aromatic carbocycles. The van der Waals surface area contributed by atoms with Gasteiger partial charge in [-0.2, -0.15) is 11.3 Å². The predicted molar refractivity (Wildman–Crippen MR) is 106 cm³/mol. The van der Waals surface area contributed by atoms with Crippen molar-refractivity contribution in [3.05, 3.63) is 22.4 Å². The highest BCUT2D eigenvalue weighted by atomic mass is 127. The van der Waals surface area contributed by atoms with Gasteiger partial charge in [0.15, 0.2) is 5.96 Å². The molecule has 1 unspecified atom stereocenters. The zero-order chi connectivity index (χ0) is 14.9. The van der Waals surface area contributed by atoms with Crippen LogP contribution in [0.25, 0.3) is 0 Å². The average Bonchev–Trinajstić information content (AvgIpc) is 3.15. The topological polar surface area (TPSA) is 45.7 Å². The van der Waals surface area contributed by atoms with E-state index in [1.807, 2.05) is 7.05 Å². The van der Waals surface area contributed by atoms with E-state index in [0.717, 1.165) is 44.6 Å². The molecule has 1 aromatic heterocycles. The fourth-order valence-electron chi connectivity index (χ4n) is 2.06. The lowest BCUT2D eigenvalue weighted by molar-refractivity contribution is 0.123. The van der Waals surface area contributed by atoms with E-state index >= 15 is 0 Å². The van der Waals surface area contributed by atoms with Gasteiger partial charge in [0.25, 0.3) is 0 Å². The SMILES string of the molecule is CN=C(NCCCOCC1CC1)NCC(C)c1ccsc1.I. The Morgan fingerprint density at radius 2 is 2.27 bits per heavy atom. The second-order valence-electron chi connectivity index (χ2n) is 5.71. The minimum atomic E-state index is 0. The number of nitrogens with one attached hydrogen (secondary N) is 2. The molecule has 1 heterocycles. The maximum atomic E-state index is 5.62. The first-order valence-electron chi connectivity index (χ1n) is 7.84. The van der Waals surface area contributed by atoms with Crippen LogP contribution in [0, 0.1) is 5.92 Å². The lowest BCUT2D eigenvalue weighted by Crippen LogP contribution is -2.39. The smallest absolute Gasteiger partial charge is 0.190 e. The average molecular weight is 437 g/mol. The Kier molecular flexibility index (Phi) is 10.1. The van der Waals surface area contributed by atoms with Crippen LogP contribution in [-0.2, 0) is 4.74 Å². The lowest BCUT2D eigenvalue weighted by Gasteiger charge is -2.15. The van der Waals surface area contributed by atoms with E-state index < -0.39 is 0 Å². The minimum Gasteiger partial charge on any atom is -0.381 e. The van der Waals surface area contributed by atoms with E-state index in [4.69, 9.17) is 4.74 Å². The molecule has 126 valence electrons. The highest BCUT2D eigenvalue weighted by molar-refractivity contribution is 14.0. The van der Waals surface area contributed by atoms with Gasteiger partial charge >= 0.3 is 0 Å². The summed E-state index contributed by atoms with van der Waals surface area (Å²) in [5.41, 5.74) is 1.39. The highest BCUT2D eigenvalue weighted by Crippen LogP contribution is 2.28. The molecule has 1 aromatic rings. The van der Waals surface area contributed by atoms with Crippen LogP contribution in [0.4, 0.5) is 0 Å². The summed E-state index contributed by atoms with van der Waals surface area (Å²) in [6.45, 7) is 5.82. The zero-order valence-electron chi connectivity index (χ0n) is 13.5. The van der Waals surface area contributed by atoms with Crippen LogP contribution in [0.15, 0.2) is 21.8 Å². The fraction of sp³-hybridized carbons (Fsp3) is 0.688. The molecule has 1 fully saturated rings. The van der Waals surface area contributed by atoms with Crippen molar-refractivity contribution in [2.75, 3.05) is 33.4 Å². The number of rotatable bonds is 9.